The number of benzene rings is 2. The number of methoxy groups -OCH3 is 2. The van der Waals surface area contributed by atoms with Gasteiger partial charge in [0.05, 0.1) is 20.8 Å². The summed E-state index contributed by atoms with van der Waals surface area (Å²) in [6.45, 7) is 1.90. The quantitative estimate of drug-likeness (QED) is 0.691. The number of fused-ring (bicyclic) bond motifs is 1. The molecule has 2 aromatic carbocycles. The van der Waals surface area contributed by atoms with Crippen LogP contribution in [0.25, 0.3) is 11.0 Å². The minimum Gasteiger partial charge on any atom is -0.496 e. The van der Waals surface area contributed by atoms with Gasteiger partial charge in [-0.1, -0.05) is 30.3 Å². The van der Waals surface area contributed by atoms with Crippen molar-refractivity contribution in [1.29, 1.82) is 0 Å². The molecule has 0 saturated carbocycles. The van der Waals surface area contributed by atoms with E-state index in [1.165, 1.54) is 5.56 Å². The van der Waals surface area contributed by atoms with E-state index in [1.807, 2.05) is 19.1 Å². The topological polar surface area (TPSA) is 51.8 Å². The van der Waals surface area contributed by atoms with E-state index in [0.29, 0.717) is 5.95 Å². The SMILES string of the molecule is COc1oc2cc(CO)c(OC)c(CCCc3ccccc3)c2c1C. The number of rotatable bonds is 7. The summed E-state index contributed by atoms with van der Waals surface area (Å²) in [5.74, 6) is 1.26. The minimum atomic E-state index is -0.0904. The van der Waals surface area contributed by atoms with Gasteiger partial charge in [0, 0.05) is 22.1 Å². The largest absolute Gasteiger partial charge is 0.496 e. The smallest absolute Gasteiger partial charge is 0.288 e. The molecule has 1 N–H and O–H groups in total. The molecule has 0 spiro atoms. The molecule has 0 aliphatic rings. The van der Waals surface area contributed by atoms with Crippen LogP contribution in [-0.4, -0.2) is 19.3 Å². The van der Waals surface area contributed by atoms with Crippen LogP contribution in [0.5, 0.6) is 11.7 Å². The van der Waals surface area contributed by atoms with Crippen LogP contribution in [-0.2, 0) is 19.4 Å². The molecule has 3 aromatic rings. The summed E-state index contributed by atoms with van der Waals surface area (Å²) in [6, 6.07) is 12.3. The molecule has 0 atom stereocenters. The lowest BCUT2D eigenvalue weighted by Gasteiger charge is -2.14. The van der Waals surface area contributed by atoms with Gasteiger partial charge in [0.15, 0.2) is 0 Å². The number of furan rings is 1. The normalized spacial score (nSPS) is 11.0. The zero-order valence-corrected chi connectivity index (χ0v) is 15.0. The van der Waals surface area contributed by atoms with Crippen LogP contribution in [0.2, 0.25) is 0 Å². The molecule has 0 aliphatic carbocycles. The molecule has 25 heavy (non-hydrogen) atoms. The third-order valence-corrected chi connectivity index (χ3v) is 4.60. The number of hydrogen-bond acceptors (Lipinski definition) is 4. The molecule has 4 nitrogen and oxygen atoms in total. The fraction of sp³-hybridized carbons (Fsp3) is 0.333. The summed E-state index contributed by atoms with van der Waals surface area (Å²) in [5, 5.41) is 10.7. The van der Waals surface area contributed by atoms with Gasteiger partial charge in [0.1, 0.15) is 11.3 Å². The summed E-state index contributed by atoms with van der Waals surface area (Å²) in [4.78, 5) is 0. The lowest BCUT2D eigenvalue weighted by molar-refractivity contribution is 0.273. The van der Waals surface area contributed by atoms with E-state index in [-0.39, 0.29) is 6.61 Å². The van der Waals surface area contributed by atoms with E-state index in [4.69, 9.17) is 13.9 Å². The third-order valence-electron chi connectivity index (χ3n) is 4.60. The molecule has 4 heteroatoms. The van der Waals surface area contributed by atoms with Gasteiger partial charge in [0.2, 0.25) is 0 Å². The molecule has 0 unspecified atom stereocenters. The molecule has 1 heterocycles. The van der Waals surface area contributed by atoms with Crippen LogP contribution in [0.15, 0.2) is 40.8 Å². The fourth-order valence-corrected chi connectivity index (χ4v) is 3.44. The molecule has 3 rings (SSSR count). The second kappa shape index (κ2) is 7.62. The summed E-state index contributed by atoms with van der Waals surface area (Å²) in [6.07, 6.45) is 2.81. The van der Waals surface area contributed by atoms with Crippen LogP contribution in [0.4, 0.5) is 0 Å². The number of aliphatic hydroxyl groups excluding tert-OH is 1. The Labute approximate surface area is 148 Å². The van der Waals surface area contributed by atoms with Gasteiger partial charge in [-0.3, -0.25) is 0 Å². The zero-order chi connectivity index (χ0) is 17.8. The van der Waals surface area contributed by atoms with Crippen molar-refractivity contribution in [3.8, 4) is 11.7 Å². The Morgan fingerprint density at radius 3 is 2.44 bits per heavy atom. The van der Waals surface area contributed by atoms with E-state index in [9.17, 15) is 5.11 Å². The van der Waals surface area contributed by atoms with E-state index in [0.717, 1.165) is 52.7 Å². The summed E-state index contributed by atoms with van der Waals surface area (Å²) in [7, 11) is 3.25. The maximum Gasteiger partial charge on any atom is 0.288 e. The molecule has 0 aliphatic heterocycles. The lowest BCUT2D eigenvalue weighted by Crippen LogP contribution is -2.00. The van der Waals surface area contributed by atoms with Gasteiger partial charge in [0.25, 0.3) is 5.95 Å². The van der Waals surface area contributed by atoms with Gasteiger partial charge in [-0.25, -0.2) is 0 Å². The first kappa shape index (κ1) is 17.4. The lowest BCUT2D eigenvalue weighted by atomic mass is 9.96. The van der Waals surface area contributed by atoms with Gasteiger partial charge >= 0.3 is 0 Å². The van der Waals surface area contributed by atoms with Crippen LogP contribution in [0, 0.1) is 6.92 Å². The molecule has 0 fully saturated rings. The van der Waals surface area contributed by atoms with Crippen molar-refractivity contribution >= 4 is 11.0 Å². The van der Waals surface area contributed by atoms with Crippen molar-refractivity contribution in [2.75, 3.05) is 14.2 Å². The first-order chi connectivity index (χ1) is 12.2. The highest BCUT2D eigenvalue weighted by atomic mass is 16.6. The second-order valence-corrected chi connectivity index (χ2v) is 6.14. The third kappa shape index (κ3) is 3.35. The molecule has 0 amide bonds. The van der Waals surface area contributed by atoms with Crippen LogP contribution >= 0.6 is 0 Å². The fourth-order valence-electron chi connectivity index (χ4n) is 3.44. The predicted molar refractivity (Wildman–Crippen MR) is 98.4 cm³/mol. The first-order valence-electron chi connectivity index (χ1n) is 8.50. The highest BCUT2D eigenvalue weighted by Gasteiger charge is 2.21. The Kier molecular flexibility index (Phi) is 5.29. The standard InChI is InChI=1S/C21H24O4/c1-14-19-17(11-7-10-15-8-5-4-6-9-15)20(23-2)16(13-22)12-18(19)25-21(14)24-3/h4-6,8-9,12,22H,7,10-11,13H2,1-3H3. The van der Waals surface area contributed by atoms with Crippen molar-refractivity contribution in [1.82, 2.24) is 0 Å². The molecule has 0 saturated heterocycles. The van der Waals surface area contributed by atoms with Gasteiger partial charge in [-0.15, -0.1) is 0 Å². The van der Waals surface area contributed by atoms with Gasteiger partial charge in [-0.05, 0) is 37.8 Å². The second-order valence-electron chi connectivity index (χ2n) is 6.14. The van der Waals surface area contributed by atoms with E-state index >= 15 is 0 Å². The number of ether oxygens (including phenoxy) is 2. The molecule has 0 bridgehead atoms. The summed E-state index contributed by atoms with van der Waals surface area (Å²) in [5.41, 5.74) is 4.83. The van der Waals surface area contributed by atoms with Crippen molar-refractivity contribution < 1.29 is 19.0 Å². The number of aryl methyl sites for hydroxylation is 3. The van der Waals surface area contributed by atoms with Crippen molar-refractivity contribution in [3.63, 3.8) is 0 Å². The van der Waals surface area contributed by atoms with Gasteiger partial charge < -0.3 is 19.0 Å². The Hall–Kier alpha value is -2.46. The Bertz CT molecular complexity index is 849. The van der Waals surface area contributed by atoms with Crippen molar-refractivity contribution in [3.05, 3.63) is 58.7 Å². The minimum absolute atomic E-state index is 0.0904. The summed E-state index contributed by atoms with van der Waals surface area (Å²) < 4.78 is 16.8. The van der Waals surface area contributed by atoms with Gasteiger partial charge in [-0.2, -0.15) is 0 Å². The zero-order valence-electron chi connectivity index (χ0n) is 15.0. The summed E-state index contributed by atoms with van der Waals surface area (Å²) >= 11 is 0. The number of aliphatic hydroxyl groups is 1. The van der Waals surface area contributed by atoms with Crippen LogP contribution in [0.3, 0.4) is 0 Å². The van der Waals surface area contributed by atoms with E-state index < -0.39 is 0 Å². The van der Waals surface area contributed by atoms with Crippen molar-refractivity contribution in [2.45, 2.75) is 32.8 Å². The van der Waals surface area contributed by atoms with E-state index in [1.54, 1.807) is 14.2 Å². The molecular formula is C21H24O4. The molecule has 0 radical (unpaired) electrons. The maximum atomic E-state index is 9.72. The Balaban J connectivity index is 1.99. The van der Waals surface area contributed by atoms with Crippen LogP contribution in [0.1, 0.15) is 28.7 Å². The Morgan fingerprint density at radius 1 is 1.04 bits per heavy atom. The average Bonchev–Trinajstić information content (AvgIpc) is 2.97. The average molecular weight is 340 g/mol. The highest BCUT2D eigenvalue weighted by molar-refractivity contribution is 5.89. The molecule has 132 valence electrons. The molecular weight excluding hydrogens is 316 g/mol. The maximum absolute atomic E-state index is 9.72. The highest BCUT2D eigenvalue weighted by Crippen LogP contribution is 2.40. The Morgan fingerprint density at radius 2 is 1.80 bits per heavy atom. The van der Waals surface area contributed by atoms with Crippen molar-refractivity contribution in [2.24, 2.45) is 0 Å². The predicted octanol–water partition coefficient (Wildman–Crippen LogP) is 4.43. The molecule has 1 aromatic heterocycles. The number of hydrogen-bond donors (Lipinski definition) is 1. The first-order valence-corrected chi connectivity index (χ1v) is 8.50. The monoisotopic (exact) mass is 340 g/mol. The van der Waals surface area contributed by atoms with E-state index in [2.05, 4.69) is 24.3 Å². The van der Waals surface area contributed by atoms with Crippen LogP contribution < -0.4 is 9.47 Å².